The molecule has 3 rings (SSSR count). The summed E-state index contributed by atoms with van der Waals surface area (Å²) in [5.74, 6) is -0.0281. The lowest BCUT2D eigenvalue weighted by atomic mass is 10.1. The van der Waals surface area contributed by atoms with Crippen molar-refractivity contribution in [3.05, 3.63) is 58.7 Å². The minimum Gasteiger partial charge on any atom is -0.325 e. The third-order valence-corrected chi connectivity index (χ3v) is 7.85. The Morgan fingerprint density at radius 1 is 1.07 bits per heavy atom. The Morgan fingerprint density at radius 3 is 2.40 bits per heavy atom. The van der Waals surface area contributed by atoms with Crippen molar-refractivity contribution in [3.8, 4) is 0 Å². The van der Waals surface area contributed by atoms with Crippen molar-refractivity contribution in [2.75, 3.05) is 38.0 Å². The molecule has 0 bridgehead atoms. The number of hydrogen-bond donors (Lipinski definition) is 2. The van der Waals surface area contributed by atoms with Gasteiger partial charge in [-0.15, -0.1) is 0 Å². The van der Waals surface area contributed by atoms with Crippen molar-refractivity contribution < 1.29 is 18.1 Å². The van der Waals surface area contributed by atoms with E-state index < -0.39 is 10.0 Å². The number of benzene rings is 2. The number of quaternary nitrogens is 1. The maximum absolute atomic E-state index is 13.0. The third kappa shape index (κ3) is 4.91. The van der Waals surface area contributed by atoms with E-state index in [1.807, 2.05) is 51.1 Å². The molecule has 0 aliphatic carbocycles. The lowest BCUT2D eigenvalue weighted by molar-refractivity contribution is -0.895. The van der Waals surface area contributed by atoms with Crippen molar-refractivity contribution in [1.82, 2.24) is 4.31 Å². The molecule has 0 unspecified atom stereocenters. The van der Waals surface area contributed by atoms with Gasteiger partial charge in [-0.1, -0.05) is 42.8 Å². The fraction of sp³-hybridized carbons (Fsp3) is 0.435. The number of piperazine rings is 1. The molecule has 162 valence electrons. The maximum Gasteiger partial charge on any atom is 0.279 e. The van der Waals surface area contributed by atoms with Gasteiger partial charge in [-0.25, -0.2) is 8.42 Å². The Hall–Kier alpha value is -2.22. The number of anilines is 1. The highest BCUT2D eigenvalue weighted by Crippen LogP contribution is 2.22. The van der Waals surface area contributed by atoms with Crippen molar-refractivity contribution in [3.63, 3.8) is 0 Å². The van der Waals surface area contributed by atoms with E-state index in [0.29, 0.717) is 37.6 Å². The predicted octanol–water partition coefficient (Wildman–Crippen LogP) is 1.70. The van der Waals surface area contributed by atoms with Crippen LogP contribution in [0.15, 0.2) is 41.3 Å². The van der Waals surface area contributed by atoms with E-state index in [2.05, 4.69) is 12.2 Å². The summed E-state index contributed by atoms with van der Waals surface area (Å²) in [5, 5.41) is 3.07. The van der Waals surface area contributed by atoms with Crippen LogP contribution in [0.2, 0.25) is 0 Å². The summed E-state index contributed by atoms with van der Waals surface area (Å²) in [6, 6.07) is 11.5. The molecule has 0 aromatic heterocycles. The first-order valence-corrected chi connectivity index (χ1v) is 12.0. The number of carbonyl (C=O) groups is 1. The van der Waals surface area contributed by atoms with Crippen LogP contribution in [0, 0.1) is 20.8 Å². The van der Waals surface area contributed by atoms with Gasteiger partial charge < -0.3 is 10.2 Å². The molecular weight excluding hydrogens is 398 g/mol. The fourth-order valence-electron chi connectivity index (χ4n) is 4.06. The highest BCUT2D eigenvalue weighted by Gasteiger charge is 2.32. The summed E-state index contributed by atoms with van der Waals surface area (Å²) in [6.45, 7) is 10.3. The second-order valence-electron chi connectivity index (χ2n) is 8.11. The quantitative estimate of drug-likeness (QED) is 0.733. The van der Waals surface area contributed by atoms with Gasteiger partial charge in [-0.3, -0.25) is 4.79 Å². The number of nitrogens with zero attached hydrogens (tertiary/aromatic N) is 1. The molecule has 0 radical (unpaired) electrons. The molecule has 1 aliphatic rings. The van der Waals surface area contributed by atoms with Gasteiger partial charge in [0.25, 0.3) is 5.91 Å². The number of sulfonamides is 1. The van der Waals surface area contributed by atoms with Gasteiger partial charge >= 0.3 is 0 Å². The Morgan fingerprint density at radius 2 is 1.77 bits per heavy atom. The van der Waals surface area contributed by atoms with Gasteiger partial charge in [-0.05, 0) is 49.9 Å². The Kier molecular flexibility index (Phi) is 6.95. The first-order chi connectivity index (χ1) is 14.2. The van der Waals surface area contributed by atoms with Gasteiger partial charge in [-0.2, -0.15) is 4.31 Å². The largest absolute Gasteiger partial charge is 0.325 e. The maximum atomic E-state index is 13.0. The van der Waals surface area contributed by atoms with Gasteiger partial charge in [0.15, 0.2) is 6.54 Å². The zero-order chi connectivity index (χ0) is 21.9. The van der Waals surface area contributed by atoms with Crippen LogP contribution in [-0.2, 0) is 21.2 Å². The summed E-state index contributed by atoms with van der Waals surface area (Å²) in [7, 11) is -3.51. The summed E-state index contributed by atoms with van der Waals surface area (Å²) >= 11 is 0. The number of amides is 1. The first-order valence-electron chi connectivity index (χ1n) is 10.5. The predicted molar refractivity (Wildman–Crippen MR) is 119 cm³/mol. The first kappa shape index (κ1) is 22.5. The van der Waals surface area contributed by atoms with E-state index in [1.54, 1.807) is 10.4 Å². The van der Waals surface area contributed by atoms with Crippen molar-refractivity contribution in [1.29, 1.82) is 0 Å². The van der Waals surface area contributed by atoms with Crippen LogP contribution >= 0.6 is 0 Å². The van der Waals surface area contributed by atoms with Crippen LogP contribution in [0.5, 0.6) is 0 Å². The molecule has 2 aromatic rings. The number of aryl methyl sites for hydroxylation is 4. The lowest BCUT2D eigenvalue weighted by Crippen LogP contribution is -3.15. The van der Waals surface area contributed by atoms with Gasteiger partial charge in [0.05, 0.1) is 31.1 Å². The fourth-order valence-corrected chi connectivity index (χ4v) is 5.71. The SMILES string of the molecule is CCc1cccc(C)c1NC(=O)C[NH+]1CCN(S(=O)(=O)c2ccc(C)cc2C)CC1. The van der Waals surface area contributed by atoms with Crippen molar-refractivity contribution in [2.24, 2.45) is 0 Å². The average molecular weight is 431 g/mol. The van der Waals surface area contributed by atoms with Gasteiger partial charge in [0.1, 0.15) is 0 Å². The smallest absolute Gasteiger partial charge is 0.279 e. The van der Waals surface area contributed by atoms with Crippen molar-refractivity contribution >= 4 is 21.6 Å². The number of carbonyl (C=O) groups excluding carboxylic acids is 1. The van der Waals surface area contributed by atoms with Crippen LogP contribution < -0.4 is 10.2 Å². The van der Waals surface area contributed by atoms with Crippen LogP contribution in [-0.4, -0.2) is 51.4 Å². The monoisotopic (exact) mass is 430 g/mol. The molecule has 2 N–H and O–H groups in total. The molecule has 1 aliphatic heterocycles. The molecule has 30 heavy (non-hydrogen) atoms. The highest BCUT2D eigenvalue weighted by atomic mass is 32.2. The molecule has 0 atom stereocenters. The molecule has 7 heteroatoms. The van der Waals surface area contributed by atoms with E-state index in [-0.39, 0.29) is 5.91 Å². The molecule has 1 heterocycles. The number of nitrogens with one attached hydrogen (secondary N) is 2. The van der Waals surface area contributed by atoms with Crippen LogP contribution in [0.1, 0.15) is 29.2 Å². The second kappa shape index (κ2) is 9.29. The third-order valence-electron chi connectivity index (χ3n) is 5.79. The van der Waals surface area contributed by atoms with E-state index in [4.69, 9.17) is 0 Å². The molecular formula is C23H32N3O3S+. The lowest BCUT2D eigenvalue weighted by Gasteiger charge is -2.31. The topological polar surface area (TPSA) is 70.9 Å². The Balaban J connectivity index is 1.60. The molecule has 0 saturated carbocycles. The summed E-state index contributed by atoms with van der Waals surface area (Å²) in [5.41, 5.74) is 4.91. The van der Waals surface area contributed by atoms with Crippen LogP contribution in [0.3, 0.4) is 0 Å². The molecule has 1 fully saturated rings. The summed E-state index contributed by atoms with van der Waals surface area (Å²) in [4.78, 5) is 14.1. The van der Waals surface area contributed by atoms with Gasteiger partial charge in [0.2, 0.25) is 10.0 Å². The zero-order valence-corrected chi connectivity index (χ0v) is 19.1. The van der Waals surface area contributed by atoms with E-state index in [9.17, 15) is 13.2 Å². The van der Waals surface area contributed by atoms with Crippen LogP contribution in [0.4, 0.5) is 5.69 Å². The molecule has 2 aromatic carbocycles. The molecule has 1 saturated heterocycles. The number of rotatable bonds is 6. The standard InChI is InChI=1S/C23H31N3O3S/c1-5-20-8-6-7-18(3)23(20)24-22(27)16-25-11-13-26(14-12-25)30(28,29)21-10-9-17(2)15-19(21)4/h6-10,15H,5,11-14,16H2,1-4H3,(H,24,27)/p+1. The second-order valence-corrected chi connectivity index (χ2v) is 10.0. The summed E-state index contributed by atoms with van der Waals surface area (Å²) < 4.78 is 27.6. The van der Waals surface area contributed by atoms with Gasteiger partial charge in [0, 0.05) is 5.69 Å². The van der Waals surface area contributed by atoms with E-state index >= 15 is 0 Å². The minimum atomic E-state index is -3.51. The Bertz CT molecular complexity index is 1030. The molecule has 6 nitrogen and oxygen atoms in total. The summed E-state index contributed by atoms with van der Waals surface area (Å²) in [6.07, 6.45) is 0.860. The van der Waals surface area contributed by atoms with Crippen molar-refractivity contribution in [2.45, 2.75) is 39.0 Å². The minimum absolute atomic E-state index is 0.0281. The number of para-hydroxylation sites is 1. The molecule has 0 spiro atoms. The highest BCUT2D eigenvalue weighted by molar-refractivity contribution is 7.89. The number of hydrogen-bond acceptors (Lipinski definition) is 3. The average Bonchev–Trinajstić information content (AvgIpc) is 2.69. The zero-order valence-electron chi connectivity index (χ0n) is 18.3. The van der Waals surface area contributed by atoms with E-state index in [0.717, 1.165) is 39.3 Å². The van der Waals surface area contributed by atoms with Crippen LogP contribution in [0.25, 0.3) is 0 Å². The molecule has 1 amide bonds. The Labute approximate surface area is 179 Å². The van der Waals surface area contributed by atoms with E-state index in [1.165, 1.54) is 0 Å². The normalized spacial score (nSPS) is 15.9.